The molecule has 2 N–H and O–H groups in total. The van der Waals surface area contributed by atoms with Gasteiger partial charge in [0.15, 0.2) is 16.0 Å². The van der Waals surface area contributed by atoms with E-state index in [9.17, 15) is 9.59 Å². The maximum absolute atomic E-state index is 11.9. The van der Waals surface area contributed by atoms with E-state index < -0.39 is 17.2 Å². The molecule has 0 fully saturated rings. The minimum atomic E-state index is -1.54. The molecular weight excluding hydrogens is 274 g/mol. The van der Waals surface area contributed by atoms with E-state index in [0.717, 1.165) is 0 Å². The lowest BCUT2D eigenvalue weighted by Gasteiger charge is -2.22. The molecule has 0 bridgehead atoms. The smallest absolute Gasteiger partial charge is 0.327 e. The normalized spacial score (nSPS) is 13.7. The van der Waals surface area contributed by atoms with Crippen molar-refractivity contribution >= 4 is 36.2 Å². The second-order valence-electron chi connectivity index (χ2n) is 3.75. The highest BCUT2D eigenvalue weighted by Crippen LogP contribution is 2.23. The molecule has 1 heterocycles. The van der Waals surface area contributed by atoms with Crippen molar-refractivity contribution in [2.45, 2.75) is 26.2 Å². The van der Waals surface area contributed by atoms with Crippen molar-refractivity contribution < 1.29 is 14.3 Å². The van der Waals surface area contributed by atoms with Gasteiger partial charge in [-0.1, -0.05) is 0 Å². The quantitative estimate of drug-likeness (QED) is 0.497. The third kappa shape index (κ3) is 2.70. The van der Waals surface area contributed by atoms with E-state index >= 15 is 0 Å². The molecule has 0 saturated heterocycles. The molecule has 0 radical (unpaired) electrons. The Morgan fingerprint density at radius 3 is 2.44 bits per heavy atom. The van der Waals surface area contributed by atoms with Gasteiger partial charge in [-0.15, -0.1) is 0 Å². The Morgan fingerprint density at radius 2 is 2.00 bits per heavy atom. The summed E-state index contributed by atoms with van der Waals surface area (Å²) in [6, 6.07) is 0. The summed E-state index contributed by atoms with van der Waals surface area (Å²) < 4.78 is 5.20. The Bertz CT molecular complexity index is 564. The first kappa shape index (κ1) is 14.7. The number of esters is 1. The number of nitrogens with one attached hydrogen (secondary N) is 2. The Labute approximate surface area is 114 Å². The second kappa shape index (κ2) is 5.49. The molecule has 0 unspecified atom stereocenters. The average Bonchev–Trinajstić information content (AvgIpc) is 2.26. The minimum absolute atomic E-state index is 0.0854. The Morgan fingerprint density at radius 1 is 1.39 bits per heavy atom. The number of carbonyl (C=O) groups is 2. The summed E-state index contributed by atoms with van der Waals surface area (Å²) in [5.74, 6) is -1.00. The molecule has 1 aromatic heterocycles. The molecule has 0 amide bonds. The third-order valence-electron chi connectivity index (χ3n) is 2.53. The molecule has 0 aromatic carbocycles. The standard InChI is InChI=1S/C10H13N3O3S2/c1-4-16-7(15)10(3,5(2)14)6-11-8(17)13-9(18)12-6/h4H2,1-3H3,(H2,11,12,13,17,18)/t10-/m1/s1. The molecule has 0 aliphatic carbocycles. The van der Waals surface area contributed by atoms with Gasteiger partial charge in [0, 0.05) is 0 Å². The summed E-state index contributed by atoms with van der Waals surface area (Å²) >= 11 is 9.79. The summed E-state index contributed by atoms with van der Waals surface area (Å²) in [7, 11) is 0. The van der Waals surface area contributed by atoms with Crippen LogP contribution in [-0.4, -0.2) is 33.3 Å². The lowest BCUT2D eigenvalue weighted by molar-refractivity contribution is -0.153. The molecular formula is C10H13N3O3S2. The molecule has 1 aromatic rings. The van der Waals surface area contributed by atoms with Crippen molar-refractivity contribution in [2.75, 3.05) is 6.61 Å². The van der Waals surface area contributed by atoms with Gasteiger partial charge in [0.1, 0.15) is 5.82 Å². The molecule has 8 heteroatoms. The number of Topliss-reactive ketones (excluding diaryl/α,β-unsaturated/α-hetero) is 1. The first-order chi connectivity index (χ1) is 8.32. The maximum Gasteiger partial charge on any atom is 0.327 e. The van der Waals surface area contributed by atoms with E-state index in [4.69, 9.17) is 29.2 Å². The fraction of sp³-hybridized carbons (Fsp3) is 0.500. The van der Waals surface area contributed by atoms with Gasteiger partial charge < -0.3 is 14.7 Å². The molecule has 1 rings (SSSR count). The van der Waals surface area contributed by atoms with E-state index in [1.807, 2.05) is 0 Å². The Hall–Kier alpha value is -1.41. The Balaban J connectivity index is 3.45. The van der Waals surface area contributed by atoms with Gasteiger partial charge in [-0.05, 0) is 45.2 Å². The van der Waals surface area contributed by atoms with Crippen LogP contribution in [0, 0.1) is 9.54 Å². The summed E-state index contributed by atoms with van der Waals surface area (Å²) in [4.78, 5) is 32.9. The van der Waals surface area contributed by atoms with Crippen LogP contribution in [0.2, 0.25) is 0 Å². The maximum atomic E-state index is 11.9. The number of aromatic nitrogens is 3. The van der Waals surface area contributed by atoms with Crippen molar-refractivity contribution in [3.63, 3.8) is 0 Å². The lowest BCUT2D eigenvalue weighted by atomic mass is 9.85. The van der Waals surface area contributed by atoms with Crippen molar-refractivity contribution in [3.05, 3.63) is 15.4 Å². The van der Waals surface area contributed by atoms with Gasteiger partial charge in [0.2, 0.25) is 4.77 Å². The van der Waals surface area contributed by atoms with Crippen LogP contribution in [0.1, 0.15) is 26.6 Å². The molecule has 0 aliphatic rings. The molecule has 0 spiro atoms. The molecule has 0 saturated carbocycles. The molecule has 0 aliphatic heterocycles. The number of nitrogens with zero attached hydrogens (tertiary/aromatic N) is 1. The zero-order valence-corrected chi connectivity index (χ0v) is 11.8. The first-order valence-corrected chi connectivity index (χ1v) is 6.03. The van der Waals surface area contributed by atoms with Crippen molar-refractivity contribution in [3.8, 4) is 0 Å². The van der Waals surface area contributed by atoms with Gasteiger partial charge in [-0.2, -0.15) is 0 Å². The van der Waals surface area contributed by atoms with Crippen LogP contribution >= 0.6 is 24.4 Å². The zero-order valence-electron chi connectivity index (χ0n) is 10.2. The van der Waals surface area contributed by atoms with Crippen LogP contribution in [0.15, 0.2) is 0 Å². The summed E-state index contributed by atoms with van der Waals surface area (Å²) in [5, 5.41) is 0. The molecule has 1 atom stereocenters. The van der Waals surface area contributed by atoms with Crippen LogP contribution in [0.4, 0.5) is 0 Å². The van der Waals surface area contributed by atoms with E-state index in [0.29, 0.717) is 0 Å². The van der Waals surface area contributed by atoms with Crippen LogP contribution in [0.3, 0.4) is 0 Å². The first-order valence-electron chi connectivity index (χ1n) is 5.21. The number of ketones is 1. The van der Waals surface area contributed by atoms with E-state index in [-0.39, 0.29) is 22.0 Å². The highest BCUT2D eigenvalue weighted by Gasteiger charge is 2.44. The van der Waals surface area contributed by atoms with Crippen LogP contribution in [0.25, 0.3) is 0 Å². The number of rotatable bonds is 4. The topological polar surface area (TPSA) is 87.8 Å². The predicted molar refractivity (Wildman–Crippen MR) is 69.3 cm³/mol. The third-order valence-corrected chi connectivity index (χ3v) is 2.92. The number of carbonyl (C=O) groups excluding carboxylic acids is 2. The second-order valence-corrected chi connectivity index (χ2v) is 4.54. The van der Waals surface area contributed by atoms with Gasteiger partial charge in [0.05, 0.1) is 6.61 Å². The number of hydrogen-bond donors (Lipinski definition) is 2. The number of hydrogen-bond acceptors (Lipinski definition) is 6. The molecule has 18 heavy (non-hydrogen) atoms. The molecule has 6 nitrogen and oxygen atoms in total. The number of H-pyrrole nitrogens is 2. The van der Waals surface area contributed by atoms with E-state index in [1.165, 1.54) is 13.8 Å². The van der Waals surface area contributed by atoms with Gasteiger partial charge in [-0.25, -0.2) is 4.98 Å². The average molecular weight is 287 g/mol. The minimum Gasteiger partial charge on any atom is -0.465 e. The predicted octanol–water partition coefficient (Wildman–Crippen LogP) is 1.61. The fourth-order valence-electron chi connectivity index (χ4n) is 1.31. The van der Waals surface area contributed by atoms with Crippen LogP contribution < -0.4 is 0 Å². The highest BCUT2D eigenvalue weighted by molar-refractivity contribution is 7.71. The molecule has 98 valence electrons. The largest absolute Gasteiger partial charge is 0.465 e. The highest BCUT2D eigenvalue weighted by atomic mass is 32.1. The Kier molecular flexibility index (Phi) is 4.47. The van der Waals surface area contributed by atoms with Gasteiger partial charge in [-0.3, -0.25) is 9.59 Å². The summed E-state index contributed by atoms with van der Waals surface area (Å²) in [5.41, 5.74) is -1.54. The van der Waals surface area contributed by atoms with Crippen molar-refractivity contribution in [2.24, 2.45) is 0 Å². The SMILES string of the molecule is CCOC(=O)[C@](C)(C(C)=O)c1nc(=S)[nH]c(=S)[nH]1. The number of aromatic amines is 2. The van der Waals surface area contributed by atoms with Crippen molar-refractivity contribution in [1.29, 1.82) is 0 Å². The lowest BCUT2D eigenvalue weighted by Crippen LogP contribution is -2.42. The van der Waals surface area contributed by atoms with Crippen LogP contribution in [0.5, 0.6) is 0 Å². The van der Waals surface area contributed by atoms with Gasteiger partial charge in [0.25, 0.3) is 0 Å². The monoisotopic (exact) mass is 287 g/mol. The summed E-state index contributed by atoms with van der Waals surface area (Å²) in [6.07, 6.45) is 0. The van der Waals surface area contributed by atoms with Crippen LogP contribution in [-0.2, 0) is 19.7 Å². The zero-order chi connectivity index (χ0) is 13.9. The van der Waals surface area contributed by atoms with E-state index in [2.05, 4.69) is 15.0 Å². The fourth-order valence-corrected chi connectivity index (χ4v) is 1.76. The van der Waals surface area contributed by atoms with Crippen molar-refractivity contribution in [1.82, 2.24) is 15.0 Å². The van der Waals surface area contributed by atoms with Gasteiger partial charge >= 0.3 is 5.97 Å². The summed E-state index contributed by atoms with van der Waals surface area (Å²) in [6.45, 7) is 4.54. The van der Waals surface area contributed by atoms with E-state index in [1.54, 1.807) is 6.92 Å². The number of ether oxygens (including phenoxy) is 1.